The third-order valence-corrected chi connectivity index (χ3v) is 1.92. The van der Waals surface area contributed by atoms with E-state index in [0.29, 0.717) is 11.3 Å². The first-order chi connectivity index (χ1) is 6.16. The number of allylic oxidation sites excluding steroid dienone is 3. The van der Waals surface area contributed by atoms with Gasteiger partial charge in [-0.2, -0.15) is 0 Å². The molecule has 0 fully saturated rings. The van der Waals surface area contributed by atoms with Crippen molar-refractivity contribution in [2.45, 2.75) is 13.8 Å². The SMILES string of the molecule is C=CC(=C(C)C(C)=O)c1ccco1. The Morgan fingerprint density at radius 1 is 1.54 bits per heavy atom. The van der Waals surface area contributed by atoms with Crippen molar-refractivity contribution in [2.24, 2.45) is 0 Å². The number of hydrogen-bond acceptors (Lipinski definition) is 2. The molecule has 0 spiro atoms. The van der Waals surface area contributed by atoms with Gasteiger partial charge in [0.25, 0.3) is 0 Å². The van der Waals surface area contributed by atoms with Crippen LogP contribution < -0.4 is 0 Å². The second kappa shape index (κ2) is 3.90. The maximum atomic E-state index is 11.1. The normalized spacial score (nSPS) is 12.2. The van der Waals surface area contributed by atoms with Crippen LogP contribution in [0.1, 0.15) is 19.6 Å². The van der Waals surface area contributed by atoms with Crippen molar-refractivity contribution in [1.82, 2.24) is 0 Å². The standard InChI is InChI=1S/C11H12O2/c1-4-10(8(2)9(3)12)11-6-5-7-13-11/h4-7H,1H2,2-3H3. The van der Waals surface area contributed by atoms with Crippen LogP contribution in [0.5, 0.6) is 0 Å². The van der Waals surface area contributed by atoms with Gasteiger partial charge < -0.3 is 4.42 Å². The fourth-order valence-corrected chi connectivity index (χ4v) is 1.06. The Morgan fingerprint density at radius 2 is 2.23 bits per heavy atom. The minimum atomic E-state index is 0.0336. The summed E-state index contributed by atoms with van der Waals surface area (Å²) in [4.78, 5) is 11.1. The third kappa shape index (κ3) is 1.96. The van der Waals surface area contributed by atoms with Crippen molar-refractivity contribution in [3.63, 3.8) is 0 Å². The molecular formula is C11H12O2. The molecule has 2 nitrogen and oxygen atoms in total. The maximum Gasteiger partial charge on any atom is 0.156 e. The van der Waals surface area contributed by atoms with Gasteiger partial charge >= 0.3 is 0 Å². The Labute approximate surface area is 77.6 Å². The fraction of sp³-hybridized carbons (Fsp3) is 0.182. The highest BCUT2D eigenvalue weighted by Gasteiger charge is 2.07. The minimum Gasteiger partial charge on any atom is -0.464 e. The van der Waals surface area contributed by atoms with E-state index < -0.39 is 0 Å². The lowest BCUT2D eigenvalue weighted by Crippen LogP contribution is -1.95. The molecule has 0 atom stereocenters. The molecule has 13 heavy (non-hydrogen) atoms. The Morgan fingerprint density at radius 3 is 2.62 bits per heavy atom. The van der Waals surface area contributed by atoms with Crippen LogP contribution in [0.3, 0.4) is 0 Å². The van der Waals surface area contributed by atoms with Crippen LogP contribution in [0.2, 0.25) is 0 Å². The van der Waals surface area contributed by atoms with Gasteiger partial charge in [0.1, 0.15) is 5.76 Å². The Hall–Kier alpha value is -1.57. The van der Waals surface area contributed by atoms with Gasteiger partial charge in [-0.15, -0.1) is 0 Å². The van der Waals surface area contributed by atoms with E-state index in [4.69, 9.17) is 4.42 Å². The van der Waals surface area contributed by atoms with Crippen molar-refractivity contribution >= 4 is 11.4 Å². The van der Waals surface area contributed by atoms with Crippen LogP contribution in [0.25, 0.3) is 5.57 Å². The molecule has 2 heteroatoms. The van der Waals surface area contributed by atoms with Crippen molar-refractivity contribution in [1.29, 1.82) is 0 Å². The summed E-state index contributed by atoms with van der Waals surface area (Å²) < 4.78 is 5.18. The van der Waals surface area contributed by atoms with Gasteiger partial charge in [-0.25, -0.2) is 0 Å². The summed E-state index contributed by atoms with van der Waals surface area (Å²) in [5, 5.41) is 0. The van der Waals surface area contributed by atoms with Crippen molar-refractivity contribution < 1.29 is 9.21 Å². The number of ketones is 1. The van der Waals surface area contributed by atoms with Gasteiger partial charge in [0.05, 0.1) is 6.26 Å². The minimum absolute atomic E-state index is 0.0336. The molecule has 0 saturated carbocycles. The van der Waals surface area contributed by atoms with E-state index in [1.165, 1.54) is 6.92 Å². The predicted octanol–water partition coefficient (Wildman–Crippen LogP) is 2.83. The van der Waals surface area contributed by atoms with Gasteiger partial charge in [0.2, 0.25) is 0 Å². The molecule has 0 unspecified atom stereocenters. The summed E-state index contributed by atoms with van der Waals surface area (Å²) >= 11 is 0. The summed E-state index contributed by atoms with van der Waals surface area (Å²) in [6, 6.07) is 3.59. The van der Waals surface area contributed by atoms with E-state index in [9.17, 15) is 4.79 Å². The van der Waals surface area contributed by atoms with Gasteiger partial charge in [0.15, 0.2) is 5.78 Å². The molecule has 0 aromatic carbocycles. The summed E-state index contributed by atoms with van der Waals surface area (Å²) in [7, 11) is 0. The summed E-state index contributed by atoms with van der Waals surface area (Å²) in [6.07, 6.45) is 3.21. The summed E-state index contributed by atoms with van der Waals surface area (Å²) in [5.74, 6) is 0.717. The molecule has 0 aliphatic heterocycles. The second-order valence-corrected chi connectivity index (χ2v) is 2.78. The van der Waals surface area contributed by atoms with Gasteiger partial charge in [-0.05, 0) is 26.0 Å². The monoisotopic (exact) mass is 176 g/mol. The van der Waals surface area contributed by atoms with Crippen molar-refractivity contribution in [3.8, 4) is 0 Å². The van der Waals surface area contributed by atoms with Crippen LogP contribution in [0, 0.1) is 0 Å². The fourth-order valence-electron chi connectivity index (χ4n) is 1.06. The van der Waals surface area contributed by atoms with Gasteiger partial charge in [0, 0.05) is 11.1 Å². The number of furan rings is 1. The number of carbonyl (C=O) groups is 1. The first-order valence-corrected chi connectivity index (χ1v) is 4.05. The molecular weight excluding hydrogens is 164 g/mol. The van der Waals surface area contributed by atoms with E-state index in [-0.39, 0.29) is 5.78 Å². The first-order valence-electron chi connectivity index (χ1n) is 4.05. The number of hydrogen-bond donors (Lipinski definition) is 0. The van der Waals surface area contributed by atoms with E-state index >= 15 is 0 Å². The zero-order valence-electron chi connectivity index (χ0n) is 7.83. The predicted molar refractivity (Wildman–Crippen MR) is 52.2 cm³/mol. The van der Waals surface area contributed by atoms with Crippen LogP contribution in [0.15, 0.2) is 41.0 Å². The lowest BCUT2D eigenvalue weighted by Gasteiger charge is -2.01. The van der Waals surface area contributed by atoms with Crippen LogP contribution >= 0.6 is 0 Å². The molecule has 0 aliphatic rings. The largest absolute Gasteiger partial charge is 0.464 e. The Balaban J connectivity index is 3.19. The quantitative estimate of drug-likeness (QED) is 0.523. The molecule has 0 saturated heterocycles. The van der Waals surface area contributed by atoms with Crippen molar-refractivity contribution in [2.75, 3.05) is 0 Å². The highest BCUT2D eigenvalue weighted by atomic mass is 16.3. The highest BCUT2D eigenvalue weighted by molar-refractivity contribution is 6.01. The molecule has 0 radical (unpaired) electrons. The van der Waals surface area contributed by atoms with Gasteiger partial charge in [-0.1, -0.05) is 12.7 Å². The number of Topliss-reactive ketones (excluding diaryl/α,β-unsaturated/α-hetero) is 1. The lowest BCUT2D eigenvalue weighted by molar-refractivity contribution is -0.113. The highest BCUT2D eigenvalue weighted by Crippen LogP contribution is 2.20. The molecule has 1 aromatic heterocycles. The Kier molecular flexibility index (Phi) is 2.85. The van der Waals surface area contributed by atoms with E-state index in [1.54, 1.807) is 25.3 Å². The Bertz CT molecular complexity index is 342. The van der Waals surface area contributed by atoms with Crippen molar-refractivity contribution in [3.05, 3.63) is 42.4 Å². The molecule has 1 heterocycles. The molecule has 0 N–H and O–H groups in total. The topological polar surface area (TPSA) is 30.2 Å². The molecule has 1 rings (SSSR count). The van der Waals surface area contributed by atoms with E-state index in [2.05, 4.69) is 6.58 Å². The lowest BCUT2D eigenvalue weighted by atomic mass is 10.0. The average molecular weight is 176 g/mol. The molecule has 0 amide bonds. The zero-order chi connectivity index (χ0) is 9.84. The molecule has 68 valence electrons. The maximum absolute atomic E-state index is 11.1. The summed E-state index contributed by atoms with van der Waals surface area (Å²) in [6.45, 7) is 6.95. The van der Waals surface area contributed by atoms with Crippen LogP contribution in [-0.2, 0) is 4.79 Å². The summed E-state index contributed by atoms with van der Waals surface area (Å²) in [5.41, 5.74) is 1.43. The van der Waals surface area contributed by atoms with Crippen LogP contribution in [0.4, 0.5) is 0 Å². The number of rotatable bonds is 3. The average Bonchev–Trinajstić information content (AvgIpc) is 2.58. The van der Waals surface area contributed by atoms with E-state index in [0.717, 1.165) is 5.57 Å². The third-order valence-electron chi connectivity index (χ3n) is 1.92. The molecule has 0 aliphatic carbocycles. The second-order valence-electron chi connectivity index (χ2n) is 2.78. The number of carbonyl (C=O) groups excluding carboxylic acids is 1. The van der Waals surface area contributed by atoms with Gasteiger partial charge in [-0.3, -0.25) is 4.79 Å². The van der Waals surface area contributed by atoms with E-state index in [1.807, 2.05) is 6.07 Å². The smallest absolute Gasteiger partial charge is 0.156 e. The zero-order valence-corrected chi connectivity index (χ0v) is 7.83. The molecule has 1 aromatic rings. The first kappa shape index (κ1) is 9.52. The van der Waals surface area contributed by atoms with Crippen LogP contribution in [-0.4, -0.2) is 5.78 Å². The molecule has 0 bridgehead atoms.